The fourth-order valence-electron chi connectivity index (χ4n) is 2.50. The Morgan fingerprint density at radius 1 is 1.31 bits per heavy atom. The van der Waals surface area contributed by atoms with Gasteiger partial charge in [-0.3, -0.25) is 0 Å². The first kappa shape index (κ1) is 9.53. The Kier molecular flexibility index (Phi) is 2.41. The highest BCUT2D eigenvalue weighted by molar-refractivity contribution is 8.13. The van der Waals surface area contributed by atoms with Crippen LogP contribution in [0.25, 0.3) is 0 Å². The van der Waals surface area contributed by atoms with Crippen molar-refractivity contribution in [1.82, 2.24) is 0 Å². The van der Waals surface area contributed by atoms with Gasteiger partial charge >= 0.3 is 0 Å². The normalized spacial score (nSPS) is 38.1. The summed E-state index contributed by atoms with van der Waals surface area (Å²) in [7, 11) is 1.94. The first-order chi connectivity index (χ1) is 6.04. The topological polar surface area (TPSA) is 34.1 Å². The van der Waals surface area contributed by atoms with E-state index in [1.54, 1.807) is 0 Å². The minimum Gasteiger partial charge on any atom is -0.212 e. The third kappa shape index (κ3) is 2.26. The van der Waals surface area contributed by atoms with Crippen molar-refractivity contribution in [2.24, 2.45) is 17.8 Å². The standard InChI is InChI=1S/C9H13ClO2S/c10-13(11,12)6-9-5-7-1-3-8(9)4-2-7/h1,3,7-9H,2,4-6H2. The SMILES string of the molecule is O=S(=O)(Cl)CC1CC2C=CC1CC2. The molecule has 13 heavy (non-hydrogen) atoms. The van der Waals surface area contributed by atoms with Gasteiger partial charge in [0.1, 0.15) is 0 Å². The Balaban J connectivity index is 2.07. The lowest BCUT2D eigenvalue weighted by molar-refractivity contribution is 0.240. The molecule has 0 saturated heterocycles. The maximum atomic E-state index is 10.9. The number of halogens is 1. The molecular weight excluding hydrogens is 208 g/mol. The molecular formula is C9H13ClO2S. The van der Waals surface area contributed by atoms with Gasteiger partial charge in [-0.25, -0.2) is 8.42 Å². The van der Waals surface area contributed by atoms with E-state index in [0.717, 1.165) is 12.8 Å². The Morgan fingerprint density at radius 2 is 2.08 bits per heavy atom. The second-order valence-corrected chi connectivity index (χ2v) is 6.91. The average molecular weight is 221 g/mol. The lowest BCUT2D eigenvalue weighted by atomic mass is 9.70. The van der Waals surface area contributed by atoms with Crippen molar-refractivity contribution in [2.45, 2.75) is 19.3 Å². The molecule has 3 unspecified atom stereocenters. The van der Waals surface area contributed by atoms with E-state index < -0.39 is 9.05 Å². The van der Waals surface area contributed by atoms with E-state index in [1.807, 2.05) is 0 Å². The van der Waals surface area contributed by atoms with E-state index in [2.05, 4.69) is 12.2 Å². The van der Waals surface area contributed by atoms with Gasteiger partial charge in [-0.1, -0.05) is 12.2 Å². The van der Waals surface area contributed by atoms with Crippen LogP contribution in [0.2, 0.25) is 0 Å². The molecule has 0 heterocycles. The predicted molar refractivity (Wildman–Crippen MR) is 53.1 cm³/mol. The lowest BCUT2D eigenvalue weighted by Crippen LogP contribution is -2.31. The number of hydrogen-bond donors (Lipinski definition) is 0. The van der Waals surface area contributed by atoms with Crippen molar-refractivity contribution in [3.63, 3.8) is 0 Å². The molecule has 0 aromatic heterocycles. The lowest BCUT2D eigenvalue weighted by Gasteiger charge is -2.37. The molecule has 74 valence electrons. The minimum atomic E-state index is -3.31. The molecule has 0 N–H and O–H groups in total. The van der Waals surface area contributed by atoms with Crippen molar-refractivity contribution in [3.8, 4) is 0 Å². The molecule has 2 bridgehead atoms. The highest BCUT2D eigenvalue weighted by Crippen LogP contribution is 2.41. The molecule has 1 fully saturated rings. The summed E-state index contributed by atoms with van der Waals surface area (Å²) in [6.07, 6.45) is 7.77. The quantitative estimate of drug-likeness (QED) is 0.528. The van der Waals surface area contributed by atoms with Gasteiger partial charge < -0.3 is 0 Å². The Morgan fingerprint density at radius 3 is 2.46 bits per heavy atom. The van der Waals surface area contributed by atoms with E-state index in [1.165, 1.54) is 6.42 Å². The van der Waals surface area contributed by atoms with Gasteiger partial charge in [0, 0.05) is 10.7 Å². The molecule has 2 nitrogen and oxygen atoms in total. The molecule has 0 aliphatic heterocycles. The van der Waals surface area contributed by atoms with Crippen molar-refractivity contribution in [3.05, 3.63) is 12.2 Å². The van der Waals surface area contributed by atoms with Gasteiger partial charge in [0.25, 0.3) is 0 Å². The second-order valence-electron chi connectivity index (χ2n) is 4.09. The summed E-state index contributed by atoms with van der Waals surface area (Å²) in [6.45, 7) is 0. The van der Waals surface area contributed by atoms with Gasteiger partial charge in [0.15, 0.2) is 0 Å². The fraction of sp³-hybridized carbons (Fsp3) is 0.778. The minimum absolute atomic E-state index is 0.153. The van der Waals surface area contributed by atoms with Gasteiger partial charge in [-0.15, -0.1) is 0 Å². The summed E-state index contributed by atoms with van der Waals surface area (Å²) in [5.41, 5.74) is 0. The molecule has 1 saturated carbocycles. The van der Waals surface area contributed by atoms with Crippen LogP contribution in [-0.2, 0) is 9.05 Å². The summed E-state index contributed by atoms with van der Waals surface area (Å²) in [5.74, 6) is 1.48. The Hall–Kier alpha value is -0.0200. The number of rotatable bonds is 2. The summed E-state index contributed by atoms with van der Waals surface area (Å²) < 4.78 is 21.8. The van der Waals surface area contributed by atoms with Crippen LogP contribution >= 0.6 is 10.7 Å². The van der Waals surface area contributed by atoms with E-state index in [0.29, 0.717) is 11.8 Å². The molecule has 0 amide bonds. The van der Waals surface area contributed by atoms with Crippen LogP contribution in [0.1, 0.15) is 19.3 Å². The fourth-order valence-corrected chi connectivity index (χ4v) is 3.88. The number of fused-ring (bicyclic) bond motifs is 2. The summed E-state index contributed by atoms with van der Waals surface area (Å²) >= 11 is 0. The molecule has 0 aromatic rings. The Labute approximate surface area is 83.4 Å². The van der Waals surface area contributed by atoms with Crippen LogP contribution in [0.15, 0.2) is 12.2 Å². The van der Waals surface area contributed by atoms with Crippen LogP contribution < -0.4 is 0 Å². The number of allylic oxidation sites excluding steroid dienone is 2. The van der Waals surface area contributed by atoms with Gasteiger partial charge in [0.2, 0.25) is 9.05 Å². The van der Waals surface area contributed by atoms with Crippen molar-refractivity contribution >= 4 is 19.7 Å². The first-order valence-electron chi connectivity index (χ1n) is 4.65. The van der Waals surface area contributed by atoms with Crippen LogP contribution in [-0.4, -0.2) is 14.2 Å². The van der Waals surface area contributed by atoms with E-state index in [9.17, 15) is 8.42 Å². The second kappa shape index (κ2) is 3.28. The summed E-state index contributed by atoms with van der Waals surface area (Å²) in [4.78, 5) is 0. The summed E-state index contributed by atoms with van der Waals surface area (Å²) in [5, 5.41) is 0. The molecule has 0 radical (unpaired) electrons. The predicted octanol–water partition coefficient (Wildman–Crippen LogP) is 2.16. The molecule has 3 rings (SSSR count). The zero-order chi connectivity index (χ0) is 9.47. The van der Waals surface area contributed by atoms with Gasteiger partial charge in [-0.05, 0) is 37.0 Å². The molecule has 3 atom stereocenters. The van der Waals surface area contributed by atoms with E-state index in [-0.39, 0.29) is 11.7 Å². The van der Waals surface area contributed by atoms with Gasteiger partial charge in [0.05, 0.1) is 5.75 Å². The van der Waals surface area contributed by atoms with Crippen LogP contribution in [0.5, 0.6) is 0 Å². The molecule has 0 spiro atoms. The molecule has 4 heteroatoms. The maximum Gasteiger partial charge on any atom is 0.232 e. The van der Waals surface area contributed by atoms with Crippen LogP contribution in [0.4, 0.5) is 0 Å². The smallest absolute Gasteiger partial charge is 0.212 e. The molecule has 0 aromatic carbocycles. The monoisotopic (exact) mass is 220 g/mol. The van der Waals surface area contributed by atoms with E-state index in [4.69, 9.17) is 10.7 Å². The van der Waals surface area contributed by atoms with Crippen molar-refractivity contribution < 1.29 is 8.42 Å². The van der Waals surface area contributed by atoms with Crippen LogP contribution in [0, 0.1) is 17.8 Å². The third-order valence-corrected chi connectivity index (χ3v) is 4.33. The van der Waals surface area contributed by atoms with Crippen LogP contribution in [0.3, 0.4) is 0 Å². The molecule has 3 aliphatic carbocycles. The number of hydrogen-bond acceptors (Lipinski definition) is 2. The summed E-state index contributed by atoms with van der Waals surface area (Å²) in [6, 6.07) is 0. The maximum absolute atomic E-state index is 10.9. The Bertz CT molecular complexity index is 321. The third-order valence-electron chi connectivity index (χ3n) is 3.13. The first-order valence-corrected chi connectivity index (χ1v) is 7.13. The molecule has 3 aliphatic rings. The van der Waals surface area contributed by atoms with Gasteiger partial charge in [-0.2, -0.15) is 0 Å². The average Bonchev–Trinajstić information content (AvgIpc) is 2.03. The highest BCUT2D eigenvalue weighted by atomic mass is 35.7. The highest BCUT2D eigenvalue weighted by Gasteiger charge is 2.33. The zero-order valence-electron chi connectivity index (χ0n) is 7.32. The van der Waals surface area contributed by atoms with Crippen molar-refractivity contribution in [2.75, 3.05) is 5.75 Å². The van der Waals surface area contributed by atoms with E-state index >= 15 is 0 Å². The largest absolute Gasteiger partial charge is 0.232 e. The van der Waals surface area contributed by atoms with Crippen molar-refractivity contribution in [1.29, 1.82) is 0 Å². The zero-order valence-corrected chi connectivity index (χ0v) is 8.89.